The standard InChI is InChI=1S/C9H11AsO5/c11-6-9(12)5-7-1-3-8(4-2-7)10(13,14)15/h1-4,11H,5-6H2,(H2,13,14,15). The van der Waals surface area contributed by atoms with Crippen LogP contribution in [-0.2, 0) is 15.0 Å². The van der Waals surface area contributed by atoms with Gasteiger partial charge in [-0.15, -0.1) is 0 Å². The van der Waals surface area contributed by atoms with Crippen molar-refractivity contribution in [1.29, 1.82) is 0 Å². The Balaban J connectivity index is 2.82. The summed E-state index contributed by atoms with van der Waals surface area (Å²) >= 11 is -4.82. The van der Waals surface area contributed by atoms with E-state index in [1.54, 1.807) is 0 Å². The summed E-state index contributed by atoms with van der Waals surface area (Å²) in [5.41, 5.74) is 0.627. The summed E-state index contributed by atoms with van der Waals surface area (Å²) in [5, 5.41) is 8.51. The van der Waals surface area contributed by atoms with Crippen molar-refractivity contribution in [2.24, 2.45) is 0 Å². The number of rotatable bonds is 4. The van der Waals surface area contributed by atoms with Crippen molar-refractivity contribution in [3.05, 3.63) is 29.8 Å². The van der Waals surface area contributed by atoms with Crippen LogP contribution in [0.5, 0.6) is 0 Å². The van der Waals surface area contributed by atoms with Gasteiger partial charge >= 0.3 is 89.0 Å². The molecular formula is C9H11AsO5. The van der Waals surface area contributed by atoms with Crippen molar-refractivity contribution in [1.82, 2.24) is 0 Å². The molecule has 1 rings (SSSR count). The molecule has 0 heterocycles. The van der Waals surface area contributed by atoms with Crippen molar-refractivity contribution in [3.8, 4) is 0 Å². The summed E-state index contributed by atoms with van der Waals surface area (Å²) in [4.78, 5) is 10.9. The Hall–Kier alpha value is -0.872. The van der Waals surface area contributed by atoms with Crippen LogP contribution in [0.15, 0.2) is 24.3 Å². The zero-order valence-corrected chi connectivity index (χ0v) is 9.71. The third-order valence-electron chi connectivity index (χ3n) is 1.85. The van der Waals surface area contributed by atoms with Gasteiger partial charge in [-0.25, -0.2) is 0 Å². The van der Waals surface area contributed by atoms with Gasteiger partial charge in [-0.2, -0.15) is 0 Å². The number of benzene rings is 1. The van der Waals surface area contributed by atoms with Crippen molar-refractivity contribution < 1.29 is 21.8 Å². The van der Waals surface area contributed by atoms with Crippen molar-refractivity contribution in [2.75, 3.05) is 6.61 Å². The first-order valence-electron chi connectivity index (χ1n) is 4.21. The molecule has 6 heteroatoms. The molecular weight excluding hydrogens is 263 g/mol. The number of ketones is 1. The third-order valence-corrected chi connectivity index (χ3v) is 3.89. The minimum absolute atomic E-state index is 0.0201. The summed E-state index contributed by atoms with van der Waals surface area (Å²) in [6.45, 7) is -0.524. The summed E-state index contributed by atoms with van der Waals surface area (Å²) in [7, 11) is 0. The Labute approximate surface area is 89.4 Å². The number of Topliss-reactive ketones (excluding diaryl/α,β-unsaturated/α-hetero) is 1. The van der Waals surface area contributed by atoms with E-state index in [1.165, 1.54) is 24.3 Å². The topological polar surface area (TPSA) is 94.8 Å². The molecule has 1 aromatic rings. The number of aliphatic hydroxyl groups excluding tert-OH is 1. The third kappa shape index (κ3) is 3.64. The molecule has 5 nitrogen and oxygen atoms in total. The van der Waals surface area contributed by atoms with Gasteiger partial charge in [0.25, 0.3) is 0 Å². The monoisotopic (exact) mass is 274 g/mol. The molecule has 82 valence electrons. The van der Waals surface area contributed by atoms with E-state index in [1.807, 2.05) is 0 Å². The van der Waals surface area contributed by atoms with E-state index in [4.69, 9.17) is 13.3 Å². The number of aliphatic hydroxyl groups is 1. The quantitative estimate of drug-likeness (QED) is 0.572. The second kappa shape index (κ2) is 4.77. The summed E-state index contributed by atoms with van der Waals surface area (Å²) < 4.78 is 28.6. The van der Waals surface area contributed by atoms with Gasteiger partial charge in [0.2, 0.25) is 0 Å². The first kappa shape index (κ1) is 12.2. The van der Waals surface area contributed by atoms with Crippen LogP contribution in [-0.4, -0.2) is 39.9 Å². The fraction of sp³-hybridized carbons (Fsp3) is 0.222. The molecule has 0 amide bonds. The minimum atomic E-state index is -4.82. The number of carbonyl (C=O) groups excluding carboxylic acids is 1. The predicted molar refractivity (Wildman–Crippen MR) is 52.8 cm³/mol. The molecule has 0 aromatic heterocycles. The summed E-state index contributed by atoms with van der Waals surface area (Å²) in [6.07, 6.45) is 0.0742. The van der Waals surface area contributed by atoms with Gasteiger partial charge in [0, 0.05) is 0 Å². The molecule has 1 aromatic carbocycles. The van der Waals surface area contributed by atoms with Gasteiger partial charge in [-0.05, 0) is 0 Å². The van der Waals surface area contributed by atoms with Gasteiger partial charge < -0.3 is 0 Å². The average molecular weight is 274 g/mol. The van der Waals surface area contributed by atoms with Crippen molar-refractivity contribution >= 4 is 24.3 Å². The van der Waals surface area contributed by atoms with E-state index in [-0.39, 0.29) is 16.6 Å². The van der Waals surface area contributed by atoms with E-state index in [0.717, 1.165) is 0 Å². The van der Waals surface area contributed by atoms with E-state index in [9.17, 15) is 8.53 Å². The van der Waals surface area contributed by atoms with E-state index >= 15 is 0 Å². The molecule has 0 saturated carbocycles. The summed E-state index contributed by atoms with van der Waals surface area (Å²) in [5.74, 6) is -0.329. The molecule has 0 fully saturated rings. The predicted octanol–water partition coefficient (Wildman–Crippen LogP) is -1.65. The SMILES string of the molecule is O=C(CO)Cc1ccc([As](=O)(O)O)cc1. The fourth-order valence-corrected chi connectivity index (χ4v) is 2.22. The van der Waals surface area contributed by atoms with Crippen molar-refractivity contribution in [3.63, 3.8) is 0 Å². The molecule has 0 saturated heterocycles. The number of hydrogen-bond donors (Lipinski definition) is 3. The average Bonchev–Trinajstić information content (AvgIpc) is 2.17. The van der Waals surface area contributed by atoms with Crippen LogP contribution in [0.2, 0.25) is 0 Å². The Morgan fingerprint density at radius 2 is 1.73 bits per heavy atom. The Morgan fingerprint density at radius 3 is 2.13 bits per heavy atom. The van der Waals surface area contributed by atoms with Crippen LogP contribution in [0.1, 0.15) is 5.56 Å². The Kier molecular flexibility index (Phi) is 3.88. The first-order chi connectivity index (χ1) is 6.93. The molecule has 3 N–H and O–H groups in total. The molecule has 0 aliphatic heterocycles. The van der Waals surface area contributed by atoms with Gasteiger partial charge in [-0.3, -0.25) is 0 Å². The second-order valence-electron chi connectivity index (χ2n) is 3.08. The van der Waals surface area contributed by atoms with Gasteiger partial charge in [0.05, 0.1) is 0 Å². The first-order valence-corrected chi connectivity index (χ1v) is 7.59. The molecule has 0 aliphatic carbocycles. The molecule has 0 bridgehead atoms. The van der Waals surface area contributed by atoms with E-state index < -0.39 is 20.8 Å². The molecule has 0 spiro atoms. The van der Waals surface area contributed by atoms with Crippen LogP contribution in [0, 0.1) is 0 Å². The molecule has 15 heavy (non-hydrogen) atoms. The number of carbonyl (C=O) groups is 1. The van der Waals surface area contributed by atoms with Crippen LogP contribution in [0.25, 0.3) is 0 Å². The zero-order chi connectivity index (χ0) is 11.5. The van der Waals surface area contributed by atoms with Gasteiger partial charge in [-0.1, -0.05) is 0 Å². The Morgan fingerprint density at radius 1 is 1.20 bits per heavy atom. The molecule has 0 unspecified atom stereocenters. The van der Waals surface area contributed by atoms with Crippen LogP contribution in [0.3, 0.4) is 0 Å². The summed E-state index contributed by atoms with van der Waals surface area (Å²) in [6, 6.07) is 5.56. The van der Waals surface area contributed by atoms with Gasteiger partial charge in [0.15, 0.2) is 0 Å². The number of hydrogen-bond acceptors (Lipinski definition) is 3. The van der Waals surface area contributed by atoms with E-state index in [2.05, 4.69) is 0 Å². The van der Waals surface area contributed by atoms with Crippen LogP contribution < -0.4 is 4.35 Å². The zero-order valence-electron chi connectivity index (χ0n) is 7.83. The second-order valence-corrected chi connectivity index (χ2v) is 6.45. The van der Waals surface area contributed by atoms with Crippen LogP contribution >= 0.6 is 0 Å². The molecule has 0 atom stereocenters. The maximum absolute atomic E-state index is 10.9. The molecule has 0 aliphatic rings. The normalized spacial score (nSPS) is 11.4. The molecule has 0 radical (unpaired) electrons. The van der Waals surface area contributed by atoms with Gasteiger partial charge in [0.1, 0.15) is 0 Å². The maximum atomic E-state index is 10.9. The Bertz CT molecular complexity index is 391. The van der Waals surface area contributed by atoms with Crippen LogP contribution in [0.4, 0.5) is 0 Å². The van der Waals surface area contributed by atoms with E-state index in [0.29, 0.717) is 5.56 Å². The van der Waals surface area contributed by atoms with Crippen molar-refractivity contribution in [2.45, 2.75) is 6.42 Å². The fourth-order valence-electron chi connectivity index (χ4n) is 1.09.